The van der Waals surface area contributed by atoms with E-state index in [1.54, 1.807) is 19.5 Å². The molecule has 1 amide bonds. The number of aromatic nitrogens is 4. The maximum absolute atomic E-state index is 12.4. The Hall–Kier alpha value is -3.65. The van der Waals surface area contributed by atoms with Crippen molar-refractivity contribution in [2.75, 3.05) is 12.9 Å². The Balaban J connectivity index is 1.48. The van der Waals surface area contributed by atoms with Gasteiger partial charge in [0, 0.05) is 30.2 Å². The number of pyridine rings is 1. The Morgan fingerprint density at radius 2 is 1.94 bits per heavy atom. The number of carbonyl (C=O) groups excluding carboxylic acids is 1. The van der Waals surface area contributed by atoms with Gasteiger partial charge in [0.1, 0.15) is 5.75 Å². The molecule has 31 heavy (non-hydrogen) atoms. The Morgan fingerprint density at radius 3 is 2.71 bits per heavy atom. The van der Waals surface area contributed by atoms with Gasteiger partial charge in [-0.2, -0.15) is 0 Å². The number of hydrogen-bond donors (Lipinski definition) is 1. The van der Waals surface area contributed by atoms with Gasteiger partial charge in [-0.05, 0) is 42.0 Å². The van der Waals surface area contributed by atoms with Crippen molar-refractivity contribution in [2.45, 2.75) is 11.7 Å². The van der Waals surface area contributed by atoms with Gasteiger partial charge in [-0.1, -0.05) is 42.1 Å². The summed E-state index contributed by atoms with van der Waals surface area (Å²) in [5, 5.41) is 12.3. The molecular formula is C23H21N5O2S. The minimum absolute atomic E-state index is 0.0849. The fourth-order valence-corrected chi connectivity index (χ4v) is 3.80. The molecule has 0 atom stereocenters. The first-order valence-corrected chi connectivity index (χ1v) is 10.7. The first-order valence-electron chi connectivity index (χ1n) is 9.68. The second kappa shape index (κ2) is 9.90. The molecule has 4 rings (SSSR count). The lowest BCUT2D eigenvalue weighted by Crippen LogP contribution is -2.24. The number of carbonyl (C=O) groups is 1. The van der Waals surface area contributed by atoms with Crippen molar-refractivity contribution in [3.05, 3.63) is 84.7 Å². The fraction of sp³-hybridized carbons (Fsp3) is 0.130. The molecule has 7 nitrogen and oxygen atoms in total. The zero-order valence-electron chi connectivity index (χ0n) is 16.9. The highest BCUT2D eigenvalue weighted by Gasteiger charge is 2.17. The van der Waals surface area contributed by atoms with E-state index < -0.39 is 0 Å². The average molecular weight is 432 g/mol. The third-order valence-electron chi connectivity index (χ3n) is 4.52. The number of thioether (sulfide) groups is 1. The van der Waals surface area contributed by atoms with Gasteiger partial charge in [0.2, 0.25) is 5.91 Å². The molecule has 0 saturated carbocycles. The molecule has 2 aromatic heterocycles. The quantitative estimate of drug-likeness (QED) is 0.428. The first kappa shape index (κ1) is 20.6. The number of ether oxygens (including phenoxy) is 1. The van der Waals surface area contributed by atoms with E-state index in [9.17, 15) is 4.79 Å². The lowest BCUT2D eigenvalue weighted by Gasteiger charge is -2.10. The maximum atomic E-state index is 12.4. The summed E-state index contributed by atoms with van der Waals surface area (Å²) in [6.45, 7) is 0.433. The van der Waals surface area contributed by atoms with Crippen LogP contribution in [0, 0.1) is 0 Å². The number of hydrogen-bond acceptors (Lipinski definition) is 6. The highest BCUT2D eigenvalue weighted by atomic mass is 32.2. The fourth-order valence-electron chi connectivity index (χ4n) is 3.02. The van der Waals surface area contributed by atoms with E-state index in [4.69, 9.17) is 4.74 Å². The van der Waals surface area contributed by atoms with E-state index in [0.29, 0.717) is 17.5 Å². The van der Waals surface area contributed by atoms with Crippen molar-refractivity contribution < 1.29 is 9.53 Å². The van der Waals surface area contributed by atoms with Gasteiger partial charge in [-0.15, -0.1) is 10.2 Å². The molecule has 0 bridgehead atoms. The average Bonchev–Trinajstić information content (AvgIpc) is 3.26. The second-order valence-corrected chi connectivity index (χ2v) is 7.58. The molecule has 0 aliphatic carbocycles. The number of nitrogens with one attached hydrogen (secondary N) is 1. The van der Waals surface area contributed by atoms with E-state index in [-0.39, 0.29) is 11.7 Å². The first-order chi connectivity index (χ1) is 15.2. The van der Waals surface area contributed by atoms with Crippen molar-refractivity contribution in [3.8, 4) is 22.8 Å². The molecule has 156 valence electrons. The van der Waals surface area contributed by atoms with E-state index >= 15 is 0 Å². The van der Waals surface area contributed by atoms with Crippen molar-refractivity contribution in [1.82, 2.24) is 25.1 Å². The summed E-state index contributed by atoms with van der Waals surface area (Å²) in [5.41, 5.74) is 2.75. The van der Waals surface area contributed by atoms with Crippen LogP contribution in [-0.2, 0) is 11.3 Å². The minimum Gasteiger partial charge on any atom is -0.497 e. The number of amides is 1. The molecular weight excluding hydrogens is 410 g/mol. The van der Waals surface area contributed by atoms with E-state index in [0.717, 1.165) is 22.6 Å². The number of para-hydroxylation sites is 1. The van der Waals surface area contributed by atoms with Gasteiger partial charge < -0.3 is 10.1 Å². The second-order valence-electron chi connectivity index (χ2n) is 6.64. The lowest BCUT2D eigenvalue weighted by molar-refractivity contribution is -0.118. The molecule has 2 heterocycles. The summed E-state index contributed by atoms with van der Waals surface area (Å²) in [5.74, 6) is 1.58. The van der Waals surface area contributed by atoms with Gasteiger partial charge in [0.25, 0.3) is 0 Å². The van der Waals surface area contributed by atoms with Crippen LogP contribution < -0.4 is 10.1 Å². The largest absolute Gasteiger partial charge is 0.497 e. The zero-order valence-corrected chi connectivity index (χ0v) is 17.7. The van der Waals surface area contributed by atoms with Crippen LogP contribution >= 0.6 is 11.8 Å². The van der Waals surface area contributed by atoms with Crippen LogP contribution in [0.4, 0.5) is 0 Å². The van der Waals surface area contributed by atoms with Crippen LogP contribution in [0.5, 0.6) is 5.75 Å². The van der Waals surface area contributed by atoms with Gasteiger partial charge in [-0.25, -0.2) is 0 Å². The molecule has 0 saturated heterocycles. The number of methoxy groups -OCH3 is 1. The van der Waals surface area contributed by atoms with Crippen molar-refractivity contribution in [3.63, 3.8) is 0 Å². The summed E-state index contributed by atoms with van der Waals surface area (Å²) in [6, 6.07) is 21.2. The molecule has 2 aromatic carbocycles. The Labute approximate surface area is 184 Å². The molecule has 0 radical (unpaired) electrons. The van der Waals surface area contributed by atoms with Crippen LogP contribution in [0.1, 0.15) is 5.56 Å². The van der Waals surface area contributed by atoms with Gasteiger partial charge in [0.05, 0.1) is 12.9 Å². The molecule has 0 aliphatic rings. The predicted octanol–water partition coefficient (Wildman–Crippen LogP) is 3.75. The van der Waals surface area contributed by atoms with E-state index in [1.807, 2.05) is 71.3 Å². The highest BCUT2D eigenvalue weighted by molar-refractivity contribution is 7.99. The van der Waals surface area contributed by atoms with Gasteiger partial charge in [-0.3, -0.25) is 14.3 Å². The summed E-state index contributed by atoms with van der Waals surface area (Å²) >= 11 is 1.34. The standard InChI is InChI=1S/C23H21N5O2S/c1-30-20-11-5-7-17(13-20)14-25-21(29)16-31-23-27-26-22(18-8-6-12-24-15-18)28(23)19-9-3-2-4-10-19/h2-13,15H,14,16H2,1H3,(H,25,29). The molecule has 0 aliphatic heterocycles. The van der Waals surface area contributed by atoms with Crippen LogP contribution in [0.3, 0.4) is 0 Å². The van der Waals surface area contributed by atoms with Crippen molar-refractivity contribution in [1.29, 1.82) is 0 Å². The summed E-state index contributed by atoms with van der Waals surface area (Å²) < 4.78 is 7.16. The predicted molar refractivity (Wildman–Crippen MR) is 120 cm³/mol. The Morgan fingerprint density at radius 1 is 1.06 bits per heavy atom. The normalized spacial score (nSPS) is 10.6. The minimum atomic E-state index is -0.0849. The van der Waals surface area contributed by atoms with Gasteiger partial charge in [0.15, 0.2) is 11.0 Å². The summed E-state index contributed by atoms with van der Waals surface area (Å²) in [7, 11) is 1.62. The van der Waals surface area contributed by atoms with Crippen LogP contribution in [0.15, 0.2) is 84.3 Å². The van der Waals surface area contributed by atoms with Crippen LogP contribution in [0.2, 0.25) is 0 Å². The third-order valence-corrected chi connectivity index (χ3v) is 5.45. The molecule has 0 spiro atoms. The summed E-state index contributed by atoms with van der Waals surface area (Å²) in [4.78, 5) is 16.6. The Kier molecular flexibility index (Phi) is 6.59. The number of nitrogens with zero attached hydrogens (tertiary/aromatic N) is 4. The van der Waals surface area contributed by atoms with Crippen LogP contribution in [-0.4, -0.2) is 38.5 Å². The van der Waals surface area contributed by atoms with Gasteiger partial charge >= 0.3 is 0 Å². The highest BCUT2D eigenvalue weighted by Crippen LogP contribution is 2.27. The summed E-state index contributed by atoms with van der Waals surface area (Å²) in [6.07, 6.45) is 3.47. The molecule has 0 fully saturated rings. The lowest BCUT2D eigenvalue weighted by atomic mass is 10.2. The molecule has 0 unspecified atom stereocenters. The smallest absolute Gasteiger partial charge is 0.230 e. The monoisotopic (exact) mass is 431 g/mol. The maximum Gasteiger partial charge on any atom is 0.230 e. The van der Waals surface area contributed by atoms with Crippen molar-refractivity contribution in [2.24, 2.45) is 0 Å². The number of benzene rings is 2. The Bertz CT molecular complexity index is 1150. The van der Waals surface area contributed by atoms with E-state index in [2.05, 4.69) is 20.5 Å². The number of rotatable bonds is 8. The topological polar surface area (TPSA) is 81.9 Å². The van der Waals surface area contributed by atoms with Crippen molar-refractivity contribution >= 4 is 17.7 Å². The SMILES string of the molecule is COc1cccc(CNC(=O)CSc2nnc(-c3cccnc3)n2-c2ccccc2)c1. The molecule has 8 heteroatoms. The van der Waals surface area contributed by atoms with E-state index in [1.165, 1.54) is 11.8 Å². The van der Waals surface area contributed by atoms with Crippen LogP contribution in [0.25, 0.3) is 17.1 Å². The molecule has 4 aromatic rings. The zero-order chi connectivity index (χ0) is 21.5. The third kappa shape index (κ3) is 5.10. The molecule has 1 N–H and O–H groups in total.